The molecule has 2 bridgehead atoms. The monoisotopic (exact) mass is 328 g/mol. The molecule has 0 aromatic carbocycles. The van der Waals surface area contributed by atoms with E-state index in [0.717, 1.165) is 18.9 Å². The van der Waals surface area contributed by atoms with Gasteiger partial charge in [0.25, 0.3) is 0 Å². The Kier molecular flexibility index (Phi) is 5.01. The van der Waals surface area contributed by atoms with Gasteiger partial charge >= 0.3 is 0 Å². The summed E-state index contributed by atoms with van der Waals surface area (Å²) in [6, 6.07) is 0.360. The Morgan fingerprint density at radius 2 is 2.09 bits per heavy atom. The van der Waals surface area contributed by atoms with Crippen LogP contribution in [0.3, 0.4) is 0 Å². The first-order valence-corrected chi connectivity index (χ1v) is 9.14. The highest BCUT2D eigenvalue weighted by molar-refractivity contribution is 6.13. The van der Waals surface area contributed by atoms with Crippen molar-refractivity contribution >= 4 is 17.7 Å². The summed E-state index contributed by atoms with van der Waals surface area (Å²) in [7, 11) is 0. The average Bonchev–Trinajstić information content (AvgIpc) is 2.50. The first-order chi connectivity index (χ1) is 10.5. The molecule has 0 radical (unpaired) electrons. The molecule has 126 valence electrons. The van der Waals surface area contributed by atoms with Crippen LogP contribution in [0.25, 0.3) is 0 Å². The minimum Gasteiger partial charge on any atom is -0.374 e. The van der Waals surface area contributed by atoms with Gasteiger partial charge in [-0.05, 0) is 63.1 Å². The maximum atomic E-state index is 12.8. The molecule has 2 saturated carbocycles. The Balaban J connectivity index is 1.60. The number of amides is 1. The minimum atomic E-state index is -0.543. The van der Waals surface area contributed by atoms with E-state index in [1.807, 2.05) is 13.8 Å². The Labute approximate surface area is 139 Å². The fourth-order valence-electron chi connectivity index (χ4n) is 4.36. The summed E-state index contributed by atoms with van der Waals surface area (Å²) in [6.07, 6.45) is 7.59. The van der Waals surface area contributed by atoms with Crippen LogP contribution >= 0.6 is 11.8 Å². The van der Waals surface area contributed by atoms with Gasteiger partial charge in [0.2, 0.25) is 5.91 Å². The molecule has 3 rings (SSSR count). The van der Waals surface area contributed by atoms with Gasteiger partial charge in [-0.25, -0.2) is 4.42 Å². The van der Waals surface area contributed by atoms with Crippen molar-refractivity contribution in [3.8, 4) is 0 Å². The predicted molar refractivity (Wildman–Crippen MR) is 87.6 cm³/mol. The van der Waals surface area contributed by atoms with Crippen molar-refractivity contribution in [1.29, 1.82) is 0 Å². The van der Waals surface area contributed by atoms with Gasteiger partial charge in [-0.1, -0.05) is 12.8 Å². The molecule has 3 fully saturated rings. The van der Waals surface area contributed by atoms with Crippen LogP contribution in [0.2, 0.25) is 0 Å². The highest BCUT2D eigenvalue weighted by Gasteiger charge is 2.42. The predicted octanol–water partition coefficient (Wildman–Crippen LogP) is 2.95. The van der Waals surface area contributed by atoms with E-state index in [1.165, 1.54) is 32.1 Å². The molecular formula is C17H29ClN2O2. The average molecular weight is 329 g/mol. The van der Waals surface area contributed by atoms with Gasteiger partial charge < -0.3 is 10.1 Å². The number of hydrogen-bond donors (Lipinski definition) is 1. The van der Waals surface area contributed by atoms with Crippen molar-refractivity contribution in [2.75, 3.05) is 19.7 Å². The Morgan fingerprint density at radius 1 is 1.27 bits per heavy atom. The zero-order chi connectivity index (χ0) is 15.7. The van der Waals surface area contributed by atoms with E-state index in [-0.39, 0.29) is 12.0 Å². The van der Waals surface area contributed by atoms with E-state index in [9.17, 15) is 4.79 Å². The number of rotatable bonds is 3. The van der Waals surface area contributed by atoms with Crippen LogP contribution < -0.4 is 5.32 Å². The molecule has 3 aliphatic rings. The fraction of sp³-hybridized carbons (Fsp3) is 0.941. The lowest BCUT2D eigenvalue weighted by atomic mass is 9.69. The quantitative estimate of drug-likeness (QED) is 0.810. The summed E-state index contributed by atoms with van der Waals surface area (Å²) in [6.45, 7) is 5.89. The van der Waals surface area contributed by atoms with Crippen LogP contribution in [0.1, 0.15) is 52.4 Å². The molecule has 2 aliphatic carbocycles. The number of carbonyl (C=O) groups excluding carboxylic acids is 1. The topological polar surface area (TPSA) is 41.6 Å². The third-order valence-electron chi connectivity index (χ3n) is 6.00. The van der Waals surface area contributed by atoms with E-state index < -0.39 is 5.41 Å². The molecule has 22 heavy (non-hydrogen) atoms. The standard InChI is InChI=1S/C17H29ClN2O2/c1-17(2,15-11-20(18)8-9-22-15)16(21)19-14-7-6-12-4-3-5-13(14)10-12/h12-15H,3-11H2,1-2H3,(H,19,21). The number of halogens is 1. The number of carbonyl (C=O) groups is 1. The maximum Gasteiger partial charge on any atom is 0.228 e. The second kappa shape index (κ2) is 6.66. The number of ether oxygens (including phenoxy) is 1. The lowest BCUT2D eigenvalue weighted by Gasteiger charge is -2.43. The van der Waals surface area contributed by atoms with Crippen LogP contribution in [-0.4, -0.2) is 42.2 Å². The molecule has 1 saturated heterocycles. The Hall–Kier alpha value is -0.320. The van der Waals surface area contributed by atoms with Crippen LogP contribution in [0.5, 0.6) is 0 Å². The third kappa shape index (κ3) is 3.44. The van der Waals surface area contributed by atoms with Crippen molar-refractivity contribution in [2.45, 2.75) is 64.5 Å². The smallest absolute Gasteiger partial charge is 0.228 e. The van der Waals surface area contributed by atoms with Gasteiger partial charge in [0.1, 0.15) is 0 Å². The number of hydrogen-bond acceptors (Lipinski definition) is 3. The summed E-state index contributed by atoms with van der Waals surface area (Å²) < 4.78 is 7.55. The number of morpholine rings is 1. The molecule has 1 aliphatic heterocycles. The second-order valence-corrected chi connectivity index (χ2v) is 8.38. The molecular weight excluding hydrogens is 300 g/mol. The Morgan fingerprint density at radius 3 is 2.86 bits per heavy atom. The molecule has 1 amide bonds. The molecule has 0 aromatic rings. The summed E-state index contributed by atoms with van der Waals surface area (Å²) in [5.74, 6) is 1.72. The first-order valence-electron chi connectivity index (χ1n) is 8.80. The SMILES string of the molecule is CC(C)(C(=O)NC1CCC2CCCC1C2)C1CN(Cl)CCO1. The van der Waals surface area contributed by atoms with E-state index in [4.69, 9.17) is 16.5 Å². The van der Waals surface area contributed by atoms with E-state index in [1.54, 1.807) is 4.42 Å². The van der Waals surface area contributed by atoms with Gasteiger partial charge in [-0.15, -0.1) is 0 Å². The number of nitrogens with zero attached hydrogens (tertiary/aromatic N) is 1. The van der Waals surface area contributed by atoms with Crippen LogP contribution in [0.4, 0.5) is 0 Å². The first kappa shape index (κ1) is 16.5. The molecule has 4 nitrogen and oxygen atoms in total. The van der Waals surface area contributed by atoms with E-state index in [0.29, 0.717) is 25.1 Å². The summed E-state index contributed by atoms with van der Waals surface area (Å²) in [5, 5.41) is 3.35. The molecule has 5 heteroatoms. The summed E-state index contributed by atoms with van der Waals surface area (Å²) >= 11 is 6.10. The molecule has 0 aromatic heterocycles. The molecule has 0 spiro atoms. The van der Waals surface area contributed by atoms with Gasteiger partial charge in [-0.2, -0.15) is 0 Å². The zero-order valence-corrected chi connectivity index (χ0v) is 14.6. The van der Waals surface area contributed by atoms with Crippen molar-refractivity contribution in [3.05, 3.63) is 0 Å². The van der Waals surface area contributed by atoms with Crippen LogP contribution in [-0.2, 0) is 9.53 Å². The van der Waals surface area contributed by atoms with E-state index in [2.05, 4.69) is 5.32 Å². The van der Waals surface area contributed by atoms with Gasteiger partial charge in [-0.3, -0.25) is 4.79 Å². The van der Waals surface area contributed by atoms with Crippen molar-refractivity contribution in [1.82, 2.24) is 9.74 Å². The fourth-order valence-corrected chi connectivity index (χ4v) is 4.55. The lowest BCUT2D eigenvalue weighted by Crippen LogP contribution is -2.55. The molecule has 1 heterocycles. The van der Waals surface area contributed by atoms with Crippen molar-refractivity contribution in [3.63, 3.8) is 0 Å². The van der Waals surface area contributed by atoms with Crippen molar-refractivity contribution in [2.24, 2.45) is 17.3 Å². The largest absolute Gasteiger partial charge is 0.374 e. The summed E-state index contributed by atoms with van der Waals surface area (Å²) in [5.41, 5.74) is -0.543. The minimum absolute atomic E-state index is 0.124. The van der Waals surface area contributed by atoms with Gasteiger partial charge in [0.05, 0.1) is 18.1 Å². The Bertz CT molecular complexity index is 415. The highest BCUT2D eigenvalue weighted by atomic mass is 35.5. The van der Waals surface area contributed by atoms with Gasteiger partial charge in [0, 0.05) is 19.1 Å². The third-order valence-corrected chi connectivity index (χ3v) is 6.31. The van der Waals surface area contributed by atoms with Crippen molar-refractivity contribution < 1.29 is 9.53 Å². The molecule has 4 unspecified atom stereocenters. The normalized spacial score (nSPS) is 36.9. The van der Waals surface area contributed by atoms with Gasteiger partial charge in [0.15, 0.2) is 0 Å². The molecule has 1 N–H and O–H groups in total. The highest BCUT2D eigenvalue weighted by Crippen LogP contribution is 2.40. The van der Waals surface area contributed by atoms with Crippen LogP contribution in [0, 0.1) is 17.3 Å². The maximum absolute atomic E-state index is 12.8. The molecule has 4 atom stereocenters. The van der Waals surface area contributed by atoms with Crippen LogP contribution in [0.15, 0.2) is 0 Å². The lowest BCUT2D eigenvalue weighted by molar-refractivity contribution is -0.144. The second-order valence-electron chi connectivity index (χ2n) is 7.90. The van der Waals surface area contributed by atoms with E-state index >= 15 is 0 Å². The number of fused-ring (bicyclic) bond motifs is 2. The summed E-state index contributed by atoms with van der Waals surface area (Å²) in [4.78, 5) is 12.8. The number of nitrogens with one attached hydrogen (secondary N) is 1. The zero-order valence-electron chi connectivity index (χ0n) is 13.8.